The van der Waals surface area contributed by atoms with Crippen LogP contribution in [-0.2, 0) is 4.79 Å². The molecule has 0 bridgehead atoms. The fourth-order valence-corrected chi connectivity index (χ4v) is 3.07. The molecule has 21 heavy (non-hydrogen) atoms. The molecule has 0 radical (unpaired) electrons. The predicted molar refractivity (Wildman–Crippen MR) is 77.7 cm³/mol. The van der Waals surface area contributed by atoms with Crippen LogP contribution in [0.3, 0.4) is 0 Å². The maximum absolute atomic E-state index is 12.1. The number of aromatic nitrogens is 2. The van der Waals surface area contributed by atoms with Gasteiger partial charge >= 0.3 is 6.18 Å². The van der Waals surface area contributed by atoms with Crippen LogP contribution in [0.2, 0.25) is 0 Å². The molecule has 1 rings (SSSR count). The van der Waals surface area contributed by atoms with Crippen molar-refractivity contribution < 1.29 is 18.0 Å². The molecule has 0 spiro atoms. The quantitative estimate of drug-likeness (QED) is 0.746. The van der Waals surface area contributed by atoms with E-state index in [-0.39, 0.29) is 22.3 Å². The number of rotatable bonds is 7. The molecule has 0 aromatic carbocycles. The zero-order valence-corrected chi connectivity index (χ0v) is 13.5. The first kappa shape index (κ1) is 18.0. The molecule has 0 aliphatic rings. The minimum atomic E-state index is -4.30. The first-order chi connectivity index (χ1) is 9.71. The number of anilines is 1. The van der Waals surface area contributed by atoms with Gasteiger partial charge in [-0.3, -0.25) is 4.79 Å². The van der Waals surface area contributed by atoms with Gasteiger partial charge < -0.3 is 10.6 Å². The van der Waals surface area contributed by atoms with E-state index in [1.165, 1.54) is 11.8 Å². The Kier molecular flexibility index (Phi) is 6.72. The van der Waals surface area contributed by atoms with Crippen LogP contribution in [0.4, 0.5) is 18.3 Å². The molecular formula is C11H17F3N4OS2. The molecule has 0 fully saturated rings. The minimum absolute atomic E-state index is 0.0824. The minimum Gasteiger partial charge on any atom is -0.353 e. The van der Waals surface area contributed by atoms with E-state index >= 15 is 0 Å². The van der Waals surface area contributed by atoms with Crippen LogP contribution >= 0.6 is 23.1 Å². The zero-order valence-electron chi connectivity index (χ0n) is 11.8. The van der Waals surface area contributed by atoms with Gasteiger partial charge in [-0.1, -0.05) is 30.0 Å². The van der Waals surface area contributed by atoms with Gasteiger partial charge in [-0.15, -0.1) is 10.2 Å². The number of thioether (sulfide) groups is 1. The lowest BCUT2D eigenvalue weighted by atomic mass is 10.2. The highest BCUT2D eigenvalue weighted by Gasteiger charge is 2.27. The molecule has 2 N–H and O–H groups in total. The van der Waals surface area contributed by atoms with Crippen molar-refractivity contribution in [1.82, 2.24) is 15.5 Å². The highest BCUT2D eigenvalue weighted by Crippen LogP contribution is 2.29. The van der Waals surface area contributed by atoms with Crippen LogP contribution in [0.15, 0.2) is 4.34 Å². The summed E-state index contributed by atoms with van der Waals surface area (Å²) in [4.78, 5) is 11.8. The van der Waals surface area contributed by atoms with E-state index in [4.69, 9.17) is 0 Å². The fraction of sp³-hybridized carbons (Fsp3) is 0.727. The Labute approximate surface area is 129 Å². The summed E-state index contributed by atoms with van der Waals surface area (Å²) in [7, 11) is 0. The van der Waals surface area contributed by atoms with Crippen LogP contribution in [-0.4, -0.2) is 40.1 Å². The Balaban J connectivity index is 2.48. The summed E-state index contributed by atoms with van der Waals surface area (Å²) < 4.78 is 36.6. The number of nitrogens with zero attached hydrogens (tertiary/aromatic N) is 2. The van der Waals surface area contributed by atoms with Crippen molar-refractivity contribution >= 4 is 34.1 Å². The molecule has 1 aromatic heterocycles. The van der Waals surface area contributed by atoms with E-state index in [0.717, 1.165) is 17.8 Å². The first-order valence-electron chi connectivity index (χ1n) is 6.32. The SMILES string of the molecule is CC[C@@H](C)NC(=O)[C@@H](C)Sc1nnc(NCC(F)(F)F)s1. The molecule has 2 atom stereocenters. The standard InChI is InChI=1S/C11H17F3N4OS2/c1-4-6(2)16-8(19)7(3)20-10-18-17-9(21-10)15-5-11(12,13)14/h6-7H,4-5H2,1-3H3,(H,15,17)(H,16,19)/t6-,7-/m1/s1. The van der Waals surface area contributed by atoms with Crippen molar-refractivity contribution in [2.75, 3.05) is 11.9 Å². The van der Waals surface area contributed by atoms with Gasteiger partial charge in [-0.2, -0.15) is 13.2 Å². The van der Waals surface area contributed by atoms with E-state index < -0.39 is 12.7 Å². The number of hydrogen-bond acceptors (Lipinski definition) is 6. The number of nitrogens with one attached hydrogen (secondary N) is 2. The Bertz CT molecular complexity index is 467. The third kappa shape index (κ3) is 6.98. The van der Waals surface area contributed by atoms with Crippen molar-refractivity contribution in [2.24, 2.45) is 0 Å². The molecular weight excluding hydrogens is 325 g/mol. The Morgan fingerprint density at radius 3 is 2.62 bits per heavy atom. The Hall–Kier alpha value is -1.03. The average molecular weight is 342 g/mol. The third-order valence-corrected chi connectivity index (χ3v) is 4.56. The van der Waals surface area contributed by atoms with Gasteiger partial charge in [0.2, 0.25) is 11.0 Å². The number of halogens is 3. The van der Waals surface area contributed by atoms with Gasteiger partial charge in [-0.05, 0) is 20.3 Å². The lowest BCUT2D eigenvalue weighted by Gasteiger charge is -2.14. The molecule has 10 heteroatoms. The zero-order chi connectivity index (χ0) is 16.0. The smallest absolute Gasteiger partial charge is 0.353 e. The lowest BCUT2D eigenvalue weighted by Crippen LogP contribution is -2.37. The Morgan fingerprint density at radius 2 is 2.05 bits per heavy atom. The monoisotopic (exact) mass is 342 g/mol. The second-order valence-corrected chi connectivity index (χ2v) is 6.99. The molecule has 0 saturated heterocycles. The summed E-state index contributed by atoms with van der Waals surface area (Å²) in [5, 5.41) is 12.1. The lowest BCUT2D eigenvalue weighted by molar-refractivity contribution is -0.121. The van der Waals surface area contributed by atoms with Crippen LogP contribution in [0.5, 0.6) is 0 Å². The van der Waals surface area contributed by atoms with Crippen molar-refractivity contribution in [3.8, 4) is 0 Å². The van der Waals surface area contributed by atoms with Gasteiger partial charge in [0.25, 0.3) is 0 Å². The second kappa shape index (κ2) is 7.83. The normalized spacial score (nSPS) is 14.6. The van der Waals surface area contributed by atoms with E-state index in [9.17, 15) is 18.0 Å². The van der Waals surface area contributed by atoms with E-state index in [1.807, 2.05) is 13.8 Å². The maximum atomic E-state index is 12.1. The maximum Gasteiger partial charge on any atom is 0.405 e. The summed E-state index contributed by atoms with van der Waals surface area (Å²) in [6, 6.07) is 0.0824. The molecule has 1 amide bonds. The van der Waals surface area contributed by atoms with Crippen molar-refractivity contribution in [3.05, 3.63) is 0 Å². The molecule has 0 aliphatic carbocycles. The van der Waals surface area contributed by atoms with Crippen LogP contribution < -0.4 is 10.6 Å². The molecule has 1 heterocycles. The molecule has 0 saturated carbocycles. The van der Waals surface area contributed by atoms with Crippen molar-refractivity contribution in [1.29, 1.82) is 0 Å². The van der Waals surface area contributed by atoms with Gasteiger partial charge in [-0.25, -0.2) is 0 Å². The molecule has 5 nitrogen and oxygen atoms in total. The molecule has 1 aromatic rings. The van der Waals surface area contributed by atoms with Gasteiger partial charge in [0.15, 0.2) is 4.34 Å². The second-order valence-electron chi connectivity index (χ2n) is 4.42. The van der Waals surface area contributed by atoms with Crippen molar-refractivity contribution in [2.45, 2.75) is 49.0 Å². The first-order valence-corrected chi connectivity index (χ1v) is 8.02. The molecule has 0 unspecified atom stereocenters. The van der Waals surface area contributed by atoms with Gasteiger partial charge in [0, 0.05) is 6.04 Å². The van der Waals surface area contributed by atoms with Crippen LogP contribution in [0.1, 0.15) is 27.2 Å². The van der Waals surface area contributed by atoms with E-state index in [2.05, 4.69) is 20.8 Å². The highest BCUT2D eigenvalue weighted by molar-refractivity contribution is 8.02. The topological polar surface area (TPSA) is 66.9 Å². The summed E-state index contributed by atoms with van der Waals surface area (Å²) in [5.41, 5.74) is 0. The summed E-state index contributed by atoms with van der Waals surface area (Å²) in [5.74, 6) is -0.130. The van der Waals surface area contributed by atoms with E-state index in [1.54, 1.807) is 6.92 Å². The molecule has 0 aliphatic heterocycles. The summed E-state index contributed by atoms with van der Waals surface area (Å²) in [6.45, 7) is 4.43. The number of carbonyl (C=O) groups excluding carboxylic acids is 1. The van der Waals surface area contributed by atoms with Gasteiger partial charge in [0.1, 0.15) is 6.54 Å². The largest absolute Gasteiger partial charge is 0.405 e. The molecule has 120 valence electrons. The van der Waals surface area contributed by atoms with Gasteiger partial charge in [0.05, 0.1) is 5.25 Å². The number of alkyl halides is 3. The average Bonchev–Trinajstić information content (AvgIpc) is 2.83. The van der Waals surface area contributed by atoms with E-state index in [0.29, 0.717) is 4.34 Å². The number of hydrogen-bond donors (Lipinski definition) is 2. The Morgan fingerprint density at radius 1 is 1.38 bits per heavy atom. The highest BCUT2D eigenvalue weighted by atomic mass is 32.2. The van der Waals surface area contributed by atoms with Crippen molar-refractivity contribution in [3.63, 3.8) is 0 Å². The summed E-state index contributed by atoms with van der Waals surface area (Å²) in [6.07, 6.45) is -3.48. The number of carbonyl (C=O) groups is 1. The van der Waals surface area contributed by atoms with Crippen LogP contribution in [0.25, 0.3) is 0 Å². The third-order valence-electron chi connectivity index (χ3n) is 2.49. The predicted octanol–water partition coefficient (Wildman–Crippen LogP) is 2.91. The fourth-order valence-electron chi connectivity index (χ4n) is 1.17. The van der Waals surface area contributed by atoms with Crippen LogP contribution in [0, 0.1) is 0 Å². The summed E-state index contributed by atoms with van der Waals surface area (Å²) >= 11 is 2.16. The number of amides is 1.